The molecule has 0 spiro atoms. The van der Waals surface area contributed by atoms with Crippen LogP contribution in [0.4, 0.5) is 5.00 Å². The highest BCUT2D eigenvalue weighted by Gasteiger charge is 2.42. The minimum absolute atomic E-state index is 0.126. The lowest BCUT2D eigenvalue weighted by Gasteiger charge is -2.27. The van der Waals surface area contributed by atoms with Gasteiger partial charge in [0.15, 0.2) is 0 Å². The molecule has 3 unspecified atom stereocenters. The summed E-state index contributed by atoms with van der Waals surface area (Å²) in [5, 5.41) is 16.6. The summed E-state index contributed by atoms with van der Waals surface area (Å²) < 4.78 is 11.6. The molecular formula is C26H29N3O7S. The van der Waals surface area contributed by atoms with Crippen molar-refractivity contribution in [1.29, 1.82) is 0 Å². The number of imide groups is 1. The Bertz CT molecular complexity index is 1200. The maximum absolute atomic E-state index is 13.1. The van der Waals surface area contributed by atoms with Crippen LogP contribution < -0.4 is 10.6 Å². The number of benzene rings is 1. The van der Waals surface area contributed by atoms with Crippen molar-refractivity contribution in [2.75, 3.05) is 18.5 Å². The number of anilines is 1. The maximum Gasteiger partial charge on any atom is 0.338 e. The van der Waals surface area contributed by atoms with Crippen LogP contribution in [0, 0.1) is 0 Å². The van der Waals surface area contributed by atoms with Crippen LogP contribution in [-0.2, 0) is 27.3 Å². The molecule has 11 heteroatoms. The van der Waals surface area contributed by atoms with E-state index in [0.29, 0.717) is 34.7 Å². The molecule has 3 aliphatic rings. The summed E-state index contributed by atoms with van der Waals surface area (Å²) >= 11 is 1.36. The summed E-state index contributed by atoms with van der Waals surface area (Å²) in [6.45, 7) is 2.76. The van der Waals surface area contributed by atoms with E-state index in [2.05, 4.69) is 10.6 Å². The molecule has 3 N–H and O–H groups in total. The summed E-state index contributed by atoms with van der Waals surface area (Å²) in [5.74, 6) is -2.43. The van der Waals surface area contributed by atoms with Crippen LogP contribution >= 0.6 is 11.3 Å². The molecule has 3 atom stereocenters. The quantitative estimate of drug-likeness (QED) is 0.446. The van der Waals surface area contributed by atoms with E-state index in [1.54, 1.807) is 31.2 Å². The summed E-state index contributed by atoms with van der Waals surface area (Å²) in [6.07, 6.45) is 2.77. The standard InChI is InChI=1S/C26H29N3O7S/c1-2-18(29-24(31)15-7-3-4-8-16(15)25(29)32)22(30)27-12-14-11-17-19(13-36-14)37-23(21(17)26(33)34)28-20-9-5-6-10-35-20/h3-4,7-8,14,18,20,28H,2,5-6,9-13H2,1H3,(H,27,30)(H,33,34). The van der Waals surface area contributed by atoms with E-state index in [0.717, 1.165) is 29.0 Å². The zero-order chi connectivity index (χ0) is 26.1. The van der Waals surface area contributed by atoms with Gasteiger partial charge in [-0.15, -0.1) is 11.3 Å². The van der Waals surface area contributed by atoms with E-state index in [1.165, 1.54) is 11.3 Å². The topological polar surface area (TPSA) is 134 Å². The van der Waals surface area contributed by atoms with Crippen LogP contribution in [0.25, 0.3) is 0 Å². The number of carbonyl (C=O) groups excluding carboxylic acids is 3. The van der Waals surface area contributed by atoms with E-state index < -0.39 is 35.8 Å². The molecule has 3 aliphatic heterocycles. The van der Waals surface area contributed by atoms with Crippen LogP contribution in [0.2, 0.25) is 0 Å². The minimum atomic E-state index is -1.02. The average molecular weight is 528 g/mol. The minimum Gasteiger partial charge on any atom is -0.478 e. The van der Waals surface area contributed by atoms with Crippen molar-refractivity contribution in [2.24, 2.45) is 0 Å². The van der Waals surface area contributed by atoms with Crippen molar-refractivity contribution in [1.82, 2.24) is 10.2 Å². The molecule has 0 bridgehead atoms. The molecule has 196 valence electrons. The summed E-state index contributed by atoms with van der Waals surface area (Å²) in [7, 11) is 0. The highest BCUT2D eigenvalue weighted by Crippen LogP contribution is 2.38. The number of carbonyl (C=O) groups is 4. The Labute approximate surface area is 217 Å². The molecule has 5 rings (SSSR count). The third-order valence-corrected chi connectivity index (χ3v) is 8.13. The number of ether oxygens (including phenoxy) is 2. The lowest BCUT2D eigenvalue weighted by Crippen LogP contribution is -2.51. The van der Waals surface area contributed by atoms with Crippen molar-refractivity contribution in [3.63, 3.8) is 0 Å². The smallest absolute Gasteiger partial charge is 0.338 e. The van der Waals surface area contributed by atoms with E-state index in [4.69, 9.17) is 9.47 Å². The number of hydrogen-bond donors (Lipinski definition) is 3. The number of nitrogens with zero attached hydrogens (tertiary/aromatic N) is 1. The first kappa shape index (κ1) is 25.4. The Hall–Kier alpha value is -3.28. The summed E-state index contributed by atoms with van der Waals surface area (Å²) in [4.78, 5) is 52.7. The predicted octanol–water partition coefficient (Wildman–Crippen LogP) is 3.02. The average Bonchev–Trinajstić information content (AvgIpc) is 3.38. The second-order valence-corrected chi connectivity index (χ2v) is 10.5. The van der Waals surface area contributed by atoms with E-state index in [1.807, 2.05) is 0 Å². The maximum atomic E-state index is 13.1. The molecular weight excluding hydrogens is 498 g/mol. The monoisotopic (exact) mass is 527 g/mol. The second kappa shape index (κ2) is 10.6. The number of amides is 3. The van der Waals surface area contributed by atoms with Crippen LogP contribution in [0.3, 0.4) is 0 Å². The molecule has 0 aliphatic carbocycles. The molecule has 1 aromatic carbocycles. The van der Waals surface area contributed by atoms with Gasteiger partial charge in [-0.2, -0.15) is 0 Å². The van der Waals surface area contributed by atoms with Crippen LogP contribution in [0.5, 0.6) is 0 Å². The Balaban J connectivity index is 1.25. The zero-order valence-corrected chi connectivity index (χ0v) is 21.3. The highest BCUT2D eigenvalue weighted by molar-refractivity contribution is 7.16. The number of carboxylic acid groups (broad SMARTS) is 1. The fraction of sp³-hybridized carbons (Fsp3) is 0.462. The van der Waals surface area contributed by atoms with Gasteiger partial charge in [-0.3, -0.25) is 19.3 Å². The normalized spacial score (nSPS) is 21.8. The fourth-order valence-corrected chi connectivity index (χ4v) is 6.28. The van der Waals surface area contributed by atoms with Crippen LogP contribution in [0.15, 0.2) is 24.3 Å². The number of aromatic carboxylic acids is 1. The molecule has 3 amide bonds. The summed E-state index contributed by atoms with van der Waals surface area (Å²) in [6, 6.07) is 5.58. The van der Waals surface area contributed by atoms with Gasteiger partial charge in [-0.25, -0.2) is 4.79 Å². The van der Waals surface area contributed by atoms with E-state index in [9.17, 15) is 24.3 Å². The Morgan fingerprint density at radius 2 is 1.89 bits per heavy atom. The van der Waals surface area contributed by atoms with Gasteiger partial charge in [0.2, 0.25) is 5.91 Å². The first-order chi connectivity index (χ1) is 17.9. The zero-order valence-electron chi connectivity index (χ0n) is 20.5. The SMILES string of the molecule is CCC(C(=O)NCC1Cc2c(sc(NC3CCCCO3)c2C(=O)O)CO1)N1C(=O)c2ccccc2C1=O. The van der Waals surface area contributed by atoms with Crippen molar-refractivity contribution in [2.45, 2.75) is 64.0 Å². The van der Waals surface area contributed by atoms with Crippen LogP contribution in [-0.4, -0.2) is 65.2 Å². The van der Waals surface area contributed by atoms with E-state index in [-0.39, 0.29) is 31.4 Å². The lowest BCUT2D eigenvalue weighted by atomic mass is 10.0. The van der Waals surface area contributed by atoms with Crippen molar-refractivity contribution in [3.05, 3.63) is 51.4 Å². The number of rotatable bonds is 8. The summed E-state index contributed by atoms with van der Waals surface area (Å²) in [5.41, 5.74) is 1.52. The van der Waals surface area contributed by atoms with Gasteiger partial charge in [0.05, 0.1) is 29.4 Å². The van der Waals surface area contributed by atoms with Crippen molar-refractivity contribution >= 4 is 40.0 Å². The van der Waals surface area contributed by atoms with Gasteiger partial charge in [0.25, 0.3) is 11.8 Å². The molecule has 0 saturated carbocycles. The number of nitrogens with one attached hydrogen (secondary N) is 2. The number of carboxylic acids is 1. The highest BCUT2D eigenvalue weighted by atomic mass is 32.1. The molecule has 4 heterocycles. The van der Waals surface area contributed by atoms with Gasteiger partial charge < -0.3 is 25.2 Å². The van der Waals surface area contributed by atoms with Gasteiger partial charge in [0.1, 0.15) is 17.3 Å². The molecule has 1 aromatic heterocycles. The first-order valence-corrected chi connectivity index (χ1v) is 13.3. The second-order valence-electron chi connectivity index (χ2n) is 9.34. The molecule has 0 radical (unpaired) electrons. The van der Waals surface area contributed by atoms with Gasteiger partial charge in [-0.1, -0.05) is 19.1 Å². The third-order valence-electron chi connectivity index (χ3n) is 6.99. The Morgan fingerprint density at radius 3 is 2.51 bits per heavy atom. The van der Waals surface area contributed by atoms with Crippen molar-refractivity contribution < 1.29 is 33.8 Å². The Morgan fingerprint density at radius 1 is 1.16 bits per heavy atom. The molecule has 10 nitrogen and oxygen atoms in total. The van der Waals surface area contributed by atoms with E-state index >= 15 is 0 Å². The molecule has 1 saturated heterocycles. The molecule has 1 fully saturated rings. The predicted molar refractivity (Wildman–Crippen MR) is 135 cm³/mol. The van der Waals surface area contributed by atoms with Gasteiger partial charge in [0, 0.05) is 24.4 Å². The number of thiophene rings is 1. The first-order valence-electron chi connectivity index (χ1n) is 12.5. The van der Waals surface area contributed by atoms with Crippen LogP contribution in [0.1, 0.15) is 74.1 Å². The largest absolute Gasteiger partial charge is 0.478 e. The van der Waals surface area contributed by atoms with Gasteiger partial charge >= 0.3 is 5.97 Å². The number of hydrogen-bond acceptors (Lipinski definition) is 8. The lowest BCUT2D eigenvalue weighted by molar-refractivity contribution is -0.125. The third kappa shape index (κ3) is 4.86. The molecule has 37 heavy (non-hydrogen) atoms. The van der Waals surface area contributed by atoms with Crippen molar-refractivity contribution in [3.8, 4) is 0 Å². The molecule has 2 aromatic rings. The number of fused-ring (bicyclic) bond motifs is 2. The Kier molecular flexibility index (Phi) is 7.27. The van der Waals surface area contributed by atoms with Gasteiger partial charge in [-0.05, 0) is 43.4 Å². The fourth-order valence-electron chi connectivity index (χ4n) is 5.09.